The summed E-state index contributed by atoms with van der Waals surface area (Å²) in [6, 6.07) is 3.55. The molecule has 1 N–H and O–H groups in total. The van der Waals surface area contributed by atoms with Crippen molar-refractivity contribution in [2.75, 3.05) is 19.8 Å². The van der Waals surface area contributed by atoms with Gasteiger partial charge in [-0.1, -0.05) is 6.07 Å². The third kappa shape index (κ3) is 5.73. The molecule has 1 atom stereocenters. The molecule has 0 spiro atoms. The van der Waals surface area contributed by atoms with Gasteiger partial charge in [0.25, 0.3) is 5.91 Å². The summed E-state index contributed by atoms with van der Waals surface area (Å²) in [6.45, 7) is 5.52. The Balaban J connectivity index is 0.000000345. The Morgan fingerprint density at radius 2 is 2.00 bits per heavy atom. The highest BCUT2D eigenvalue weighted by Crippen LogP contribution is 2.26. The van der Waals surface area contributed by atoms with E-state index in [2.05, 4.69) is 9.97 Å². The molecule has 0 aromatic carbocycles. The van der Waals surface area contributed by atoms with Gasteiger partial charge in [-0.15, -0.1) is 11.3 Å². The molecule has 0 bridgehead atoms. The third-order valence-corrected chi connectivity index (χ3v) is 4.53. The molecule has 0 aliphatic carbocycles. The minimum Gasteiger partial charge on any atom is -0.475 e. The van der Waals surface area contributed by atoms with Gasteiger partial charge in [0, 0.05) is 18.1 Å². The Morgan fingerprint density at radius 3 is 2.50 bits per heavy atom. The summed E-state index contributed by atoms with van der Waals surface area (Å²) >= 11 is 1.59. The Labute approximate surface area is 162 Å². The summed E-state index contributed by atoms with van der Waals surface area (Å²) in [5.74, 6) is -2.82. The number of alkyl halides is 3. The molecule has 0 radical (unpaired) electrons. The summed E-state index contributed by atoms with van der Waals surface area (Å²) < 4.78 is 37.3. The van der Waals surface area contributed by atoms with Crippen molar-refractivity contribution in [1.29, 1.82) is 0 Å². The van der Waals surface area contributed by atoms with Crippen molar-refractivity contribution in [1.82, 2.24) is 14.9 Å². The largest absolute Gasteiger partial charge is 0.490 e. The van der Waals surface area contributed by atoms with Crippen LogP contribution in [0.15, 0.2) is 23.7 Å². The third-order valence-electron chi connectivity index (χ3n) is 3.74. The molecule has 1 saturated heterocycles. The quantitative estimate of drug-likeness (QED) is 0.808. The average Bonchev–Trinajstić information content (AvgIpc) is 3.08. The monoisotopic (exact) mass is 417 g/mol. The number of pyridine rings is 1. The van der Waals surface area contributed by atoms with Crippen LogP contribution in [0.2, 0.25) is 0 Å². The maximum atomic E-state index is 12.7. The van der Waals surface area contributed by atoms with Gasteiger partial charge in [-0.3, -0.25) is 9.78 Å². The molecule has 0 saturated carbocycles. The van der Waals surface area contributed by atoms with E-state index in [4.69, 9.17) is 14.6 Å². The molecule has 7 nitrogen and oxygen atoms in total. The highest BCUT2D eigenvalue weighted by atomic mass is 32.1. The maximum Gasteiger partial charge on any atom is 0.490 e. The number of hydrogen-bond donors (Lipinski definition) is 1. The van der Waals surface area contributed by atoms with Gasteiger partial charge in [0.2, 0.25) is 0 Å². The minimum absolute atomic E-state index is 0.0612. The number of aromatic nitrogens is 2. The SMILES string of the molecule is Cc1ccc(C(=O)N2CCOCC2c2csc(C)n2)nc1.O=C(O)C(F)(F)F. The van der Waals surface area contributed by atoms with Crippen LogP contribution in [-0.4, -0.2) is 57.8 Å². The summed E-state index contributed by atoms with van der Waals surface area (Å²) in [7, 11) is 0. The maximum absolute atomic E-state index is 12.7. The second-order valence-corrected chi connectivity index (χ2v) is 6.97. The van der Waals surface area contributed by atoms with Crippen LogP contribution in [0.1, 0.15) is 32.8 Å². The second kappa shape index (κ2) is 9.11. The smallest absolute Gasteiger partial charge is 0.475 e. The van der Waals surface area contributed by atoms with Gasteiger partial charge in [0.15, 0.2) is 0 Å². The molecular weight excluding hydrogens is 399 g/mol. The number of aliphatic carboxylic acids is 1. The van der Waals surface area contributed by atoms with E-state index in [0.29, 0.717) is 25.5 Å². The molecule has 3 rings (SSSR count). The van der Waals surface area contributed by atoms with E-state index < -0.39 is 12.1 Å². The number of halogens is 3. The molecule has 1 aliphatic rings. The van der Waals surface area contributed by atoms with Gasteiger partial charge >= 0.3 is 12.1 Å². The number of rotatable bonds is 2. The zero-order valence-corrected chi connectivity index (χ0v) is 15.9. The molecule has 1 aliphatic heterocycles. The molecule has 152 valence electrons. The van der Waals surface area contributed by atoms with E-state index >= 15 is 0 Å². The zero-order chi connectivity index (χ0) is 20.9. The lowest BCUT2D eigenvalue weighted by molar-refractivity contribution is -0.192. The highest BCUT2D eigenvalue weighted by molar-refractivity contribution is 7.09. The first-order chi connectivity index (χ1) is 13.1. The summed E-state index contributed by atoms with van der Waals surface area (Å²) in [5.41, 5.74) is 2.41. The molecule has 2 aromatic rings. The number of carbonyl (C=O) groups is 2. The summed E-state index contributed by atoms with van der Waals surface area (Å²) in [5, 5.41) is 10.1. The number of thiazole rings is 1. The molecule has 2 aromatic heterocycles. The van der Waals surface area contributed by atoms with Gasteiger partial charge in [0.1, 0.15) is 5.69 Å². The van der Waals surface area contributed by atoms with E-state index in [1.165, 1.54) is 0 Å². The van der Waals surface area contributed by atoms with Gasteiger partial charge < -0.3 is 14.7 Å². The van der Waals surface area contributed by atoms with Crippen molar-refractivity contribution >= 4 is 23.2 Å². The van der Waals surface area contributed by atoms with Gasteiger partial charge in [-0.05, 0) is 25.5 Å². The lowest BCUT2D eigenvalue weighted by Crippen LogP contribution is -2.43. The number of ether oxygens (including phenoxy) is 1. The van der Waals surface area contributed by atoms with Gasteiger partial charge in [-0.25, -0.2) is 9.78 Å². The highest BCUT2D eigenvalue weighted by Gasteiger charge is 2.38. The number of nitrogens with zero attached hydrogens (tertiary/aromatic N) is 3. The lowest BCUT2D eigenvalue weighted by Gasteiger charge is -2.34. The Kier molecular flexibility index (Phi) is 7.08. The number of amides is 1. The van der Waals surface area contributed by atoms with Crippen LogP contribution in [-0.2, 0) is 9.53 Å². The van der Waals surface area contributed by atoms with Crippen LogP contribution in [0.3, 0.4) is 0 Å². The first-order valence-electron chi connectivity index (χ1n) is 8.13. The minimum atomic E-state index is -5.08. The molecule has 1 unspecified atom stereocenters. The van der Waals surface area contributed by atoms with E-state index in [1.54, 1.807) is 23.6 Å². The first kappa shape index (κ1) is 21.8. The fraction of sp³-hybridized carbons (Fsp3) is 0.412. The number of carboxylic acids is 1. The summed E-state index contributed by atoms with van der Waals surface area (Å²) in [6.07, 6.45) is -3.37. The predicted octanol–water partition coefficient (Wildman–Crippen LogP) is 3.00. The first-order valence-corrected chi connectivity index (χ1v) is 9.01. The van der Waals surface area contributed by atoms with Crippen LogP contribution in [0, 0.1) is 13.8 Å². The Bertz CT molecular complexity index is 824. The van der Waals surface area contributed by atoms with Crippen LogP contribution in [0.4, 0.5) is 13.2 Å². The number of carboxylic acid groups (broad SMARTS) is 1. The normalized spacial score (nSPS) is 16.9. The van der Waals surface area contributed by atoms with Crippen molar-refractivity contribution in [3.8, 4) is 0 Å². The van der Waals surface area contributed by atoms with E-state index in [-0.39, 0.29) is 11.9 Å². The lowest BCUT2D eigenvalue weighted by atomic mass is 10.1. The predicted molar refractivity (Wildman–Crippen MR) is 94.1 cm³/mol. The van der Waals surface area contributed by atoms with Crippen molar-refractivity contribution < 1.29 is 32.6 Å². The molecule has 1 amide bonds. The average molecular weight is 417 g/mol. The van der Waals surface area contributed by atoms with Crippen molar-refractivity contribution in [2.24, 2.45) is 0 Å². The number of carbonyl (C=O) groups excluding carboxylic acids is 1. The van der Waals surface area contributed by atoms with Crippen LogP contribution in [0.5, 0.6) is 0 Å². The van der Waals surface area contributed by atoms with Crippen molar-refractivity contribution in [3.05, 3.63) is 45.7 Å². The second-order valence-electron chi connectivity index (χ2n) is 5.90. The molecule has 28 heavy (non-hydrogen) atoms. The number of hydrogen-bond acceptors (Lipinski definition) is 6. The van der Waals surface area contributed by atoms with Gasteiger partial charge in [-0.2, -0.15) is 13.2 Å². The van der Waals surface area contributed by atoms with Crippen molar-refractivity contribution in [3.63, 3.8) is 0 Å². The van der Waals surface area contributed by atoms with Crippen molar-refractivity contribution in [2.45, 2.75) is 26.1 Å². The van der Waals surface area contributed by atoms with Crippen LogP contribution >= 0.6 is 11.3 Å². The van der Waals surface area contributed by atoms with Gasteiger partial charge in [0.05, 0.1) is 30.0 Å². The molecule has 3 heterocycles. The van der Waals surface area contributed by atoms with Crippen LogP contribution < -0.4 is 0 Å². The Hall–Kier alpha value is -2.53. The molecular formula is C17H18F3N3O4S. The van der Waals surface area contributed by atoms with E-state index in [9.17, 15) is 18.0 Å². The number of aryl methyl sites for hydroxylation is 2. The number of morpholine rings is 1. The molecule has 1 fully saturated rings. The van der Waals surface area contributed by atoms with Crippen LogP contribution in [0.25, 0.3) is 0 Å². The van der Waals surface area contributed by atoms with E-state index in [1.807, 2.05) is 30.2 Å². The zero-order valence-electron chi connectivity index (χ0n) is 15.1. The topological polar surface area (TPSA) is 92.6 Å². The fourth-order valence-corrected chi connectivity index (χ4v) is 3.03. The fourth-order valence-electron chi connectivity index (χ4n) is 2.37. The summed E-state index contributed by atoms with van der Waals surface area (Å²) in [4.78, 5) is 32.1. The Morgan fingerprint density at radius 1 is 1.32 bits per heavy atom. The standard InChI is InChI=1S/C15H17N3O2S.C2HF3O2/c1-10-3-4-12(16-7-10)15(19)18-5-6-20-8-14(18)13-9-21-11(2)17-13;3-2(4,5)1(6)7/h3-4,7,9,14H,5-6,8H2,1-2H3;(H,6,7). The molecule has 11 heteroatoms. The van der Waals surface area contributed by atoms with E-state index in [0.717, 1.165) is 16.3 Å².